The fourth-order valence-electron chi connectivity index (χ4n) is 1.31. The van der Waals surface area contributed by atoms with Gasteiger partial charge in [0.1, 0.15) is 0 Å². The Bertz CT molecular complexity index is 392. The second-order valence-electron chi connectivity index (χ2n) is 3.47. The zero-order valence-corrected chi connectivity index (χ0v) is 10.6. The lowest BCUT2D eigenvalue weighted by Crippen LogP contribution is -2.37. The maximum absolute atomic E-state index is 10.8. The number of hydrogen-bond acceptors (Lipinski definition) is 4. The van der Waals surface area contributed by atoms with E-state index in [2.05, 4.69) is 20.9 Å². The van der Waals surface area contributed by atoms with E-state index in [0.717, 1.165) is 4.47 Å². The minimum absolute atomic E-state index is 0.107. The molecule has 17 heavy (non-hydrogen) atoms. The topological polar surface area (TPSA) is 96.5 Å². The molecule has 3 N–H and O–H groups in total. The third kappa shape index (κ3) is 5.41. The van der Waals surface area contributed by atoms with Gasteiger partial charge in [-0.3, -0.25) is 19.5 Å². The van der Waals surface area contributed by atoms with Crippen molar-refractivity contribution in [2.75, 3.05) is 13.1 Å². The Balaban J connectivity index is 2.67. The first kappa shape index (κ1) is 13.6. The van der Waals surface area contributed by atoms with E-state index in [4.69, 9.17) is 10.8 Å². The lowest BCUT2D eigenvalue weighted by molar-refractivity contribution is -0.138. The molecule has 1 aromatic heterocycles. The predicted molar refractivity (Wildman–Crippen MR) is 64.0 cm³/mol. The van der Waals surface area contributed by atoms with E-state index in [-0.39, 0.29) is 19.6 Å². The summed E-state index contributed by atoms with van der Waals surface area (Å²) in [5, 5.41) is 8.70. The number of hydrogen-bond donors (Lipinski definition) is 2. The van der Waals surface area contributed by atoms with Gasteiger partial charge in [-0.1, -0.05) is 0 Å². The highest BCUT2D eigenvalue weighted by atomic mass is 79.9. The van der Waals surface area contributed by atoms with Gasteiger partial charge in [-0.25, -0.2) is 0 Å². The normalized spacial score (nSPS) is 10.5. The number of primary amides is 1. The van der Waals surface area contributed by atoms with Crippen molar-refractivity contribution in [3.8, 4) is 0 Å². The third-order valence-electron chi connectivity index (χ3n) is 1.91. The number of aromatic nitrogens is 1. The summed E-state index contributed by atoms with van der Waals surface area (Å²) in [6.45, 7) is -0.0900. The molecule has 0 aromatic carbocycles. The SMILES string of the molecule is NC(=O)CN(CC(=O)O)Cc1ccc(Br)cn1. The van der Waals surface area contributed by atoms with E-state index in [1.54, 1.807) is 18.3 Å². The van der Waals surface area contributed by atoms with E-state index < -0.39 is 11.9 Å². The fraction of sp³-hybridized carbons (Fsp3) is 0.300. The van der Waals surface area contributed by atoms with E-state index in [9.17, 15) is 9.59 Å². The number of carboxylic acid groups (broad SMARTS) is 1. The Hall–Kier alpha value is -1.47. The van der Waals surface area contributed by atoms with Crippen LogP contribution in [-0.4, -0.2) is 40.0 Å². The van der Waals surface area contributed by atoms with Crippen LogP contribution in [0, 0.1) is 0 Å². The molecule has 1 heterocycles. The van der Waals surface area contributed by atoms with Gasteiger partial charge in [-0.05, 0) is 28.1 Å². The second-order valence-corrected chi connectivity index (χ2v) is 4.39. The number of carbonyl (C=O) groups is 2. The van der Waals surface area contributed by atoms with Gasteiger partial charge in [0.05, 0.1) is 18.8 Å². The quantitative estimate of drug-likeness (QED) is 0.783. The number of carbonyl (C=O) groups excluding carboxylic acids is 1. The highest BCUT2D eigenvalue weighted by molar-refractivity contribution is 9.10. The van der Waals surface area contributed by atoms with Crippen molar-refractivity contribution >= 4 is 27.8 Å². The minimum atomic E-state index is -1.01. The molecule has 1 rings (SSSR count). The first-order valence-corrected chi connectivity index (χ1v) is 5.59. The molecule has 0 saturated carbocycles. The summed E-state index contributed by atoms with van der Waals surface area (Å²) in [7, 11) is 0. The van der Waals surface area contributed by atoms with Crippen molar-refractivity contribution in [2.24, 2.45) is 5.73 Å². The zero-order valence-electron chi connectivity index (χ0n) is 8.97. The van der Waals surface area contributed by atoms with Gasteiger partial charge in [-0.2, -0.15) is 0 Å². The van der Waals surface area contributed by atoms with E-state index in [1.807, 2.05) is 0 Å². The number of amides is 1. The van der Waals surface area contributed by atoms with Crippen LogP contribution in [0.2, 0.25) is 0 Å². The van der Waals surface area contributed by atoms with Gasteiger partial charge >= 0.3 is 5.97 Å². The Labute approximate surface area is 107 Å². The van der Waals surface area contributed by atoms with Gasteiger partial charge in [0.15, 0.2) is 0 Å². The molecule has 0 fully saturated rings. The van der Waals surface area contributed by atoms with Crippen molar-refractivity contribution in [3.63, 3.8) is 0 Å². The van der Waals surface area contributed by atoms with Crippen LogP contribution in [0.1, 0.15) is 5.69 Å². The number of nitrogens with two attached hydrogens (primary N) is 1. The Morgan fingerprint density at radius 2 is 2.12 bits per heavy atom. The standard InChI is InChI=1S/C10H12BrN3O3/c11-7-1-2-8(13-3-7)4-14(5-9(12)15)6-10(16)17/h1-3H,4-6H2,(H2,12,15)(H,16,17). The predicted octanol–water partition coefficient (Wildman–Crippen LogP) is 0.216. The van der Waals surface area contributed by atoms with Gasteiger partial charge in [0, 0.05) is 17.2 Å². The van der Waals surface area contributed by atoms with Crippen molar-refractivity contribution in [1.29, 1.82) is 0 Å². The molecule has 0 aliphatic rings. The average molecular weight is 302 g/mol. The van der Waals surface area contributed by atoms with Gasteiger partial charge < -0.3 is 10.8 Å². The molecule has 0 aliphatic carbocycles. The van der Waals surface area contributed by atoms with E-state index in [0.29, 0.717) is 5.69 Å². The number of aliphatic carboxylic acids is 1. The Kier molecular flexibility index (Phi) is 5.05. The molecule has 1 amide bonds. The molecule has 7 heteroatoms. The summed E-state index contributed by atoms with van der Waals surface area (Å²) in [5.74, 6) is -1.58. The van der Waals surface area contributed by atoms with Crippen LogP contribution in [0.25, 0.3) is 0 Å². The van der Waals surface area contributed by atoms with Crippen molar-refractivity contribution in [1.82, 2.24) is 9.88 Å². The minimum Gasteiger partial charge on any atom is -0.480 e. The van der Waals surface area contributed by atoms with Crippen molar-refractivity contribution in [3.05, 3.63) is 28.5 Å². The van der Waals surface area contributed by atoms with Crippen LogP contribution in [0.5, 0.6) is 0 Å². The van der Waals surface area contributed by atoms with Crippen LogP contribution < -0.4 is 5.73 Å². The fourth-order valence-corrected chi connectivity index (χ4v) is 1.54. The molecule has 0 unspecified atom stereocenters. The smallest absolute Gasteiger partial charge is 0.317 e. The van der Waals surface area contributed by atoms with Gasteiger partial charge in [0.2, 0.25) is 5.91 Å². The Morgan fingerprint density at radius 1 is 1.41 bits per heavy atom. The largest absolute Gasteiger partial charge is 0.480 e. The third-order valence-corrected chi connectivity index (χ3v) is 2.38. The average Bonchev–Trinajstić information content (AvgIpc) is 2.19. The first-order chi connectivity index (χ1) is 7.97. The highest BCUT2D eigenvalue weighted by Gasteiger charge is 2.13. The molecule has 0 aliphatic heterocycles. The van der Waals surface area contributed by atoms with Crippen LogP contribution in [0.15, 0.2) is 22.8 Å². The molecule has 0 bridgehead atoms. The molecule has 0 spiro atoms. The second kappa shape index (κ2) is 6.31. The molecule has 0 saturated heterocycles. The highest BCUT2D eigenvalue weighted by Crippen LogP contribution is 2.09. The van der Waals surface area contributed by atoms with Crippen molar-refractivity contribution < 1.29 is 14.7 Å². The maximum Gasteiger partial charge on any atom is 0.317 e. The molecular formula is C10H12BrN3O3. The first-order valence-electron chi connectivity index (χ1n) is 4.80. The van der Waals surface area contributed by atoms with Crippen LogP contribution in [0.3, 0.4) is 0 Å². The molecule has 0 atom stereocenters. The summed E-state index contributed by atoms with van der Waals surface area (Å²) in [5.41, 5.74) is 5.72. The lowest BCUT2D eigenvalue weighted by Gasteiger charge is -2.17. The monoisotopic (exact) mass is 301 g/mol. The molecule has 92 valence electrons. The summed E-state index contributed by atoms with van der Waals surface area (Å²) in [6, 6.07) is 3.55. The molecule has 1 aromatic rings. The Morgan fingerprint density at radius 3 is 2.59 bits per heavy atom. The molecule has 0 radical (unpaired) electrons. The van der Waals surface area contributed by atoms with Crippen molar-refractivity contribution in [2.45, 2.75) is 6.54 Å². The number of pyridine rings is 1. The number of rotatable bonds is 6. The van der Waals surface area contributed by atoms with Gasteiger partial charge in [-0.15, -0.1) is 0 Å². The summed E-state index contributed by atoms with van der Waals surface area (Å²) in [6.07, 6.45) is 1.61. The summed E-state index contributed by atoms with van der Waals surface area (Å²) < 4.78 is 0.834. The van der Waals surface area contributed by atoms with Crippen LogP contribution >= 0.6 is 15.9 Å². The molecule has 6 nitrogen and oxygen atoms in total. The lowest BCUT2D eigenvalue weighted by atomic mass is 10.3. The number of halogens is 1. The zero-order chi connectivity index (χ0) is 12.8. The maximum atomic E-state index is 10.8. The van der Waals surface area contributed by atoms with E-state index >= 15 is 0 Å². The van der Waals surface area contributed by atoms with E-state index in [1.165, 1.54) is 4.90 Å². The summed E-state index contributed by atoms with van der Waals surface area (Å²) >= 11 is 3.25. The molecular weight excluding hydrogens is 290 g/mol. The number of nitrogens with zero attached hydrogens (tertiary/aromatic N) is 2. The van der Waals surface area contributed by atoms with Crippen LogP contribution in [0.4, 0.5) is 0 Å². The summed E-state index contributed by atoms with van der Waals surface area (Å²) in [4.78, 5) is 26.9. The van der Waals surface area contributed by atoms with Crippen LogP contribution in [-0.2, 0) is 16.1 Å². The number of carboxylic acids is 1. The van der Waals surface area contributed by atoms with Gasteiger partial charge in [0.25, 0.3) is 0 Å².